The zero-order valence-corrected chi connectivity index (χ0v) is 10.3. The van der Waals surface area contributed by atoms with Crippen LogP contribution in [-0.4, -0.2) is 53.6 Å². The van der Waals surface area contributed by atoms with Crippen LogP contribution in [-0.2, 0) is 9.59 Å². The highest BCUT2D eigenvalue weighted by Gasteiger charge is 2.19. The van der Waals surface area contributed by atoms with Gasteiger partial charge in [-0.25, -0.2) is 4.79 Å². The summed E-state index contributed by atoms with van der Waals surface area (Å²) in [6.07, 6.45) is 0. The number of carbonyl (C=O) groups is 3. The summed E-state index contributed by atoms with van der Waals surface area (Å²) in [4.78, 5) is 34.7. The highest BCUT2D eigenvalue weighted by atomic mass is 16.4. The average molecular weight is 245 g/mol. The summed E-state index contributed by atoms with van der Waals surface area (Å²) in [6, 6.07) is -1.54. The van der Waals surface area contributed by atoms with Crippen molar-refractivity contribution in [3.8, 4) is 0 Å². The molecule has 0 spiro atoms. The van der Waals surface area contributed by atoms with Gasteiger partial charge in [0.1, 0.15) is 12.6 Å². The van der Waals surface area contributed by atoms with E-state index in [-0.39, 0.29) is 12.5 Å². The van der Waals surface area contributed by atoms with Gasteiger partial charge < -0.3 is 20.6 Å². The van der Waals surface area contributed by atoms with Gasteiger partial charge >= 0.3 is 12.0 Å². The van der Waals surface area contributed by atoms with Gasteiger partial charge in [-0.2, -0.15) is 0 Å². The second-order valence-corrected chi connectivity index (χ2v) is 3.48. The summed E-state index contributed by atoms with van der Waals surface area (Å²) >= 11 is 0. The first-order chi connectivity index (χ1) is 7.92. The SMILES string of the molecule is CCNC(=O)CN(CC)C(=O)N[C@H](C)C(=O)O. The zero-order valence-electron chi connectivity index (χ0n) is 10.3. The third-order valence-electron chi connectivity index (χ3n) is 2.09. The van der Waals surface area contributed by atoms with Gasteiger partial charge in [-0.1, -0.05) is 0 Å². The van der Waals surface area contributed by atoms with E-state index < -0.39 is 18.0 Å². The molecule has 7 heteroatoms. The summed E-state index contributed by atoms with van der Waals surface area (Å²) in [5, 5.41) is 13.5. The van der Waals surface area contributed by atoms with Crippen LogP contribution in [0.3, 0.4) is 0 Å². The lowest BCUT2D eigenvalue weighted by atomic mass is 10.3. The number of urea groups is 1. The number of carboxylic acids is 1. The molecule has 0 rings (SSSR count). The molecule has 0 saturated heterocycles. The molecule has 0 aliphatic carbocycles. The second kappa shape index (κ2) is 7.48. The Bertz CT molecular complexity index is 293. The summed E-state index contributed by atoms with van der Waals surface area (Å²) in [7, 11) is 0. The predicted octanol–water partition coefficient (Wildman–Crippen LogP) is -0.373. The molecule has 1 atom stereocenters. The van der Waals surface area contributed by atoms with Gasteiger partial charge in [-0.15, -0.1) is 0 Å². The molecule has 0 saturated carbocycles. The van der Waals surface area contributed by atoms with Gasteiger partial charge in [-0.05, 0) is 20.8 Å². The van der Waals surface area contributed by atoms with Crippen molar-refractivity contribution < 1.29 is 19.5 Å². The van der Waals surface area contributed by atoms with Crippen molar-refractivity contribution in [2.75, 3.05) is 19.6 Å². The molecule has 0 aromatic carbocycles. The molecule has 3 N–H and O–H groups in total. The predicted molar refractivity (Wildman–Crippen MR) is 61.6 cm³/mol. The van der Waals surface area contributed by atoms with Gasteiger partial charge in [0.15, 0.2) is 0 Å². The quantitative estimate of drug-likeness (QED) is 0.594. The van der Waals surface area contributed by atoms with Crippen LogP contribution in [0.25, 0.3) is 0 Å². The smallest absolute Gasteiger partial charge is 0.325 e. The minimum Gasteiger partial charge on any atom is -0.480 e. The molecule has 0 fully saturated rings. The maximum absolute atomic E-state index is 11.6. The molecule has 0 unspecified atom stereocenters. The molecule has 0 radical (unpaired) electrons. The third-order valence-corrected chi connectivity index (χ3v) is 2.09. The third kappa shape index (κ3) is 5.74. The number of nitrogens with one attached hydrogen (secondary N) is 2. The van der Waals surface area contributed by atoms with Crippen LogP contribution in [0.4, 0.5) is 4.79 Å². The lowest BCUT2D eigenvalue weighted by molar-refractivity contribution is -0.138. The maximum atomic E-state index is 11.6. The standard InChI is InChI=1S/C10H19N3O4/c1-4-11-8(14)6-13(5-2)10(17)12-7(3)9(15)16/h7H,4-6H2,1-3H3,(H,11,14)(H,12,17)(H,15,16)/t7-/m1/s1. The van der Waals surface area contributed by atoms with Crippen LogP contribution < -0.4 is 10.6 Å². The van der Waals surface area contributed by atoms with Gasteiger partial charge in [0.05, 0.1) is 0 Å². The van der Waals surface area contributed by atoms with E-state index in [9.17, 15) is 14.4 Å². The Hall–Kier alpha value is -1.79. The van der Waals surface area contributed by atoms with Crippen molar-refractivity contribution in [2.24, 2.45) is 0 Å². The topological polar surface area (TPSA) is 98.7 Å². The van der Waals surface area contributed by atoms with Crippen molar-refractivity contribution in [2.45, 2.75) is 26.8 Å². The molecular weight excluding hydrogens is 226 g/mol. The Morgan fingerprint density at radius 2 is 1.88 bits per heavy atom. The Labute approximate surface area is 100 Å². The second-order valence-electron chi connectivity index (χ2n) is 3.48. The van der Waals surface area contributed by atoms with Crippen LogP contribution in [0, 0.1) is 0 Å². The number of carboxylic acid groups (broad SMARTS) is 1. The van der Waals surface area contributed by atoms with E-state index in [4.69, 9.17) is 5.11 Å². The summed E-state index contributed by atoms with van der Waals surface area (Å²) < 4.78 is 0. The first-order valence-corrected chi connectivity index (χ1v) is 5.47. The minimum absolute atomic E-state index is 0.0808. The number of likely N-dealkylation sites (N-methyl/N-ethyl adjacent to an activating group) is 2. The van der Waals surface area contributed by atoms with Crippen molar-refractivity contribution in [1.82, 2.24) is 15.5 Å². The average Bonchev–Trinajstić information content (AvgIpc) is 2.25. The maximum Gasteiger partial charge on any atom is 0.325 e. The Morgan fingerprint density at radius 3 is 2.29 bits per heavy atom. The van der Waals surface area contributed by atoms with Crippen molar-refractivity contribution in [3.63, 3.8) is 0 Å². The normalized spacial score (nSPS) is 11.5. The number of rotatable bonds is 6. The van der Waals surface area contributed by atoms with E-state index in [1.165, 1.54) is 11.8 Å². The number of amides is 3. The van der Waals surface area contributed by atoms with Gasteiger partial charge in [0.2, 0.25) is 5.91 Å². The van der Waals surface area contributed by atoms with Crippen LogP contribution in [0.1, 0.15) is 20.8 Å². The molecule has 7 nitrogen and oxygen atoms in total. The Kier molecular flexibility index (Phi) is 6.69. The van der Waals surface area contributed by atoms with E-state index >= 15 is 0 Å². The molecule has 98 valence electrons. The molecule has 0 heterocycles. The fraction of sp³-hybridized carbons (Fsp3) is 0.700. The van der Waals surface area contributed by atoms with Crippen LogP contribution in [0.5, 0.6) is 0 Å². The molecule has 0 bridgehead atoms. The molecule has 17 heavy (non-hydrogen) atoms. The summed E-state index contributed by atoms with van der Waals surface area (Å²) in [6.45, 7) is 5.59. The lowest BCUT2D eigenvalue weighted by Crippen LogP contribution is -2.49. The van der Waals surface area contributed by atoms with Crippen LogP contribution in [0.2, 0.25) is 0 Å². The number of carbonyl (C=O) groups excluding carboxylic acids is 2. The fourth-order valence-corrected chi connectivity index (χ4v) is 1.09. The van der Waals surface area contributed by atoms with E-state index in [2.05, 4.69) is 10.6 Å². The van der Waals surface area contributed by atoms with Gasteiger partial charge in [0, 0.05) is 13.1 Å². The van der Waals surface area contributed by atoms with Crippen molar-refractivity contribution in [3.05, 3.63) is 0 Å². The first kappa shape index (κ1) is 15.2. The molecule has 3 amide bonds. The summed E-state index contributed by atoms with van der Waals surface area (Å²) in [5.74, 6) is -1.39. The fourth-order valence-electron chi connectivity index (χ4n) is 1.09. The highest BCUT2D eigenvalue weighted by Crippen LogP contribution is 1.92. The highest BCUT2D eigenvalue weighted by molar-refractivity contribution is 5.86. The molecule has 0 aromatic rings. The molecular formula is C10H19N3O4. The monoisotopic (exact) mass is 245 g/mol. The number of aliphatic carboxylic acids is 1. The number of hydrogen-bond acceptors (Lipinski definition) is 3. The van der Waals surface area contributed by atoms with E-state index in [0.717, 1.165) is 0 Å². The van der Waals surface area contributed by atoms with Gasteiger partial charge in [0.25, 0.3) is 0 Å². The van der Waals surface area contributed by atoms with Crippen molar-refractivity contribution >= 4 is 17.9 Å². The van der Waals surface area contributed by atoms with E-state index in [1.807, 2.05) is 0 Å². The first-order valence-electron chi connectivity index (χ1n) is 5.47. The number of hydrogen-bond donors (Lipinski definition) is 3. The Balaban J connectivity index is 4.30. The minimum atomic E-state index is -1.12. The van der Waals surface area contributed by atoms with E-state index in [0.29, 0.717) is 13.1 Å². The Morgan fingerprint density at radius 1 is 1.29 bits per heavy atom. The lowest BCUT2D eigenvalue weighted by Gasteiger charge is -2.22. The van der Waals surface area contributed by atoms with Crippen molar-refractivity contribution in [1.29, 1.82) is 0 Å². The van der Waals surface area contributed by atoms with Crippen LogP contribution >= 0.6 is 0 Å². The van der Waals surface area contributed by atoms with E-state index in [1.54, 1.807) is 13.8 Å². The summed E-state index contributed by atoms with van der Waals surface area (Å²) in [5.41, 5.74) is 0. The largest absolute Gasteiger partial charge is 0.480 e. The molecule has 0 aliphatic heterocycles. The molecule has 0 aromatic heterocycles. The number of nitrogens with zero attached hydrogens (tertiary/aromatic N) is 1. The van der Waals surface area contributed by atoms with Crippen LogP contribution in [0.15, 0.2) is 0 Å². The molecule has 0 aliphatic rings. The van der Waals surface area contributed by atoms with Gasteiger partial charge in [-0.3, -0.25) is 9.59 Å². The zero-order chi connectivity index (χ0) is 13.4.